The minimum atomic E-state index is -0.691. The van der Waals surface area contributed by atoms with Gasteiger partial charge in [0.15, 0.2) is 6.29 Å². The van der Waals surface area contributed by atoms with E-state index in [1.54, 1.807) is 0 Å². The van der Waals surface area contributed by atoms with Crippen LogP contribution in [0.25, 0.3) is 0 Å². The van der Waals surface area contributed by atoms with Crippen molar-refractivity contribution in [1.29, 1.82) is 0 Å². The second-order valence-electron chi connectivity index (χ2n) is 3.52. The minimum absolute atomic E-state index is 0.169. The first-order valence-corrected chi connectivity index (χ1v) is 4.06. The molecule has 0 aromatic heterocycles. The standard InChI is InChI=1S/C8H16O3/c1-3-8(2)4-7(10)11-5-6(8)9/h6-7,9-10H,3-5H2,1-2H3. The molecule has 3 nitrogen and oxygen atoms in total. The van der Waals surface area contributed by atoms with Crippen LogP contribution in [-0.2, 0) is 4.74 Å². The van der Waals surface area contributed by atoms with Crippen LogP contribution in [0.3, 0.4) is 0 Å². The molecular formula is C8H16O3. The molecule has 1 heterocycles. The molecule has 0 aliphatic carbocycles. The first-order valence-electron chi connectivity index (χ1n) is 4.06. The van der Waals surface area contributed by atoms with E-state index in [-0.39, 0.29) is 12.0 Å². The topological polar surface area (TPSA) is 49.7 Å². The maximum Gasteiger partial charge on any atom is 0.155 e. The highest BCUT2D eigenvalue weighted by atomic mass is 16.6. The second-order valence-corrected chi connectivity index (χ2v) is 3.52. The minimum Gasteiger partial charge on any atom is -0.390 e. The van der Waals surface area contributed by atoms with Gasteiger partial charge in [-0.2, -0.15) is 0 Å². The fraction of sp³-hybridized carbons (Fsp3) is 1.00. The van der Waals surface area contributed by atoms with Crippen molar-refractivity contribution in [2.45, 2.75) is 39.1 Å². The molecule has 1 rings (SSSR count). The Labute approximate surface area is 67.0 Å². The second kappa shape index (κ2) is 3.09. The normalized spacial score (nSPS) is 45.8. The summed E-state index contributed by atoms with van der Waals surface area (Å²) in [5.74, 6) is 0. The molecular weight excluding hydrogens is 144 g/mol. The molecule has 0 saturated carbocycles. The molecule has 3 heteroatoms. The predicted molar refractivity (Wildman–Crippen MR) is 41.0 cm³/mol. The first-order chi connectivity index (χ1) is 5.08. The molecule has 0 spiro atoms. The Kier molecular flexibility index (Phi) is 2.52. The molecule has 1 saturated heterocycles. The Hall–Kier alpha value is -0.120. The van der Waals surface area contributed by atoms with E-state index < -0.39 is 12.4 Å². The first kappa shape index (κ1) is 8.97. The molecule has 1 fully saturated rings. The predicted octanol–water partition coefficient (Wildman–Crippen LogP) is 0.502. The summed E-state index contributed by atoms with van der Waals surface area (Å²) < 4.78 is 4.89. The van der Waals surface area contributed by atoms with E-state index in [1.807, 2.05) is 13.8 Å². The third kappa shape index (κ3) is 1.72. The van der Waals surface area contributed by atoms with Crippen LogP contribution in [0.5, 0.6) is 0 Å². The Morgan fingerprint density at radius 3 is 2.64 bits per heavy atom. The Balaban J connectivity index is 2.60. The van der Waals surface area contributed by atoms with Gasteiger partial charge < -0.3 is 14.9 Å². The fourth-order valence-corrected chi connectivity index (χ4v) is 1.38. The van der Waals surface area contributed by atoms with Crippen molar-refractivity contribution in [2.75, 3.05) is 6.61 Å². The van der Waals surface area contributed by atoms with E-state index in [1.165, 1.54) is 0 Å². The van der Waals surface area contributed by atoms with Gasteiger partial charge in [-0.1, -0.05) is 13.8 Å². The van der Waals surface area contributed by atoms with Gasteiger partial charge in [-0.05, 0) is 6.42 Å². The summed E-state index contributed by atoms with van der Waals surface area (Å²) in [6.45, 7) is 4.25. The summed E-state index contributed by atoms with van der Waals surface area (Å²) in [4.78, 5) is 0. The van der Waals surface area contributed by atoms with Crippen molar-refractivity contribution < 1.29 is 14.9 Å². The van der Waals surface area contributed by atoms with Gasteiger partial charge in [-0.15, -0.1) is 0 Å². The molecule has 1 aliphatic heterocycles. The van der Waals surface area contributed by atoms with Crippen LogP contribution in [0.2, 0.25) is 0 Å². The van der Waals surface area contributed by atoms with Crippen molar-refractivity contribution in [3.8, 4) is 0 Å². The van der Waals surface area contributed by atoms with Gasteiger partial charge in [0.1, 0.15) is 0 Å². The van der Waals surface area contributed by atoms with Gasteiger partial charge in [0.25, 0.3) is 0 Å². The zero-order valence-corrected chi connectivity index (χ0v) is 7.08. The van der Waals surface area contributed by atoms with Crippen molar-refractivity contribution in [2.24, 2.45) is 5.41 Å². The summed E-state index contributed by atoms with van der Waals surface area (Å²) in [5.41, 5.74) is -0.169. The van der Waals surface area contributed by atoms with E-state index in [2.05, 4.69) is 0 Å². The van der Waals surface area contributed by atoms with Crippen LogP contribution in [0.1, 0.15) is 26.7 Å². The van der Waals surface area contributed by atoms with Gasteiger partial charge in [0, 0.05) is 11.8 Å². The third-order valence-corrected chi connectivity index (χ3v) is 2.70. The summed E-state index contributed by atoms with van der Waals surface area (Å²) >= 11 is 0. The zero-order valence-electron chi connectivity index (χ0n) is 7.08. The van der Waals surface area contributed by atoms with Gasteiger partial charge in [0.2, 0.25) is 0 Å². The van der Waals surface area contributed by atoms with E-state index in [0.29, 0.717) is 6.42 Å². The smallest absolute Gasteiger partial charge is 0.155 e. The zero-order chi connectivity index (χ0) is 8.48. The molecule has 2 N–H and O–H groups in total. The molecule has 3 unspecified atom stereocenters. The summed E-state index contributed by atoms with van der Waals surface area (Å²) in [5, 5.41) is 18.7. The van der Waals surface area contributed by atoms with E-state index >= 15 is 0 Å². The largest absolute Gasteiger partial charge is 0.390 e. The number of ether oxygens (including phenoxy) is 1. The summed E-state index contributed by atoms with van der Waals surface area (Å²) in [6.07, 6.45) is 0.276. The van der Waals surface area contributed by atoms with Gasteiger partial charge in [-0.3, -0.25) is 0 Å². The van der Waals surface area contributed by atoms with E-state index in [9.17, 15) is 5.11 Å². The van der Waals surface area contributed by atoms with Crippen LogP contribution in [0.4, 0.5) is 0 Å². The number of rotatable bonds is 1. The fourth-order valence-electron chi connectivity index (χ4n) is 1.38. The number of hydrogen-bond acceptors (Lipinski definition) is 3. The van der Waals surface area contributed by atoms with Gasteiger partial charge >= 0.3 is 0 Å². The van der Waals surface area contributed by atoms with Crippen LogP contribution < -0.4 is 0 Å². The Bertz CT molecular complexity index is 137. The number of aliphatic hydroxyl groups is 2. The highest BCUT2D eigenvalue weighted by Gasteiger charge is 2.38. The molecule has 0 amide bonds. The lowest BCUT2D eigenvalue weighted by molar-refractivity contribution is -0.203. The third-order valence-electron chi connectivity index (χ3n) is 2.70. The maximum absolute atomic E-state index is 9.51. The van der Waals surface area contributed by atoms with Crippen molar-refractivity contribution >= 4 is 0 Å². The lowest BCUT2D eigenvalue weighted by Crippen LogP contribution is -2.44. The lowest BCUT2D eigenvalue weighted by Gasteiger charge is -2.39. The Morgan fingerprint density at radius 2 is 2.18 bits per heavy atom. The number of aliphatic hydroxyl groups excluding tert-OH is 2. The SMILES string of the molecule is CCC1(C)CC(O)OCC1O. The summed E-state index contributed by atoms with van der Waals surface area (Å²) in [7, 11) is 0. The highest BCUT2D eigenvalue weighted by Crippen LogP contribution is 2.35. The highest BCUT2D eigenvalue weighted by molar-refractivity contribution is 4.84. The molecule has 0 radical (unpaired) electrons. The quantitative estimate of drug-likeness (QED) is 0.587. The van der Waals surface area contributed by atoms with Gasteiger partial charge in [0.05, 0.1) is 12.7 Å². The number of hydrogen-bond donors (Lipinski definition) is 2. The maximum atomic E-state index is 9.51. The van der Waals surface area contributed by atoms with Crippen molar-refractivity contribution in [3.05, 3.63) is 0 Å². The van der Waals surface area contributed by atoms with Crippen LogP contribution >= 0.6 is 0 Å². The molecule has 0 bridgehead atoms. The molecule has 0 aromatic carbocycles. The average molecular weight is 160 g/mol. The Morgan fingerprint density at radius 1 is 1.55 bits per heavy atom. The summed E-state index contributed by atoms with van der Waals surface area (Å²) in [6, 6.07) is 0. The van der Waals surface area contributed by atoms with Crippen LogP contribution in [0.15, 0.2) is 0 Å². The van der Waals surface area contributed by atoms with Crippen molar-refractivity contribution in [1.82, 2.24) is 0 Å². The molecule has 66 valence electrons. The van der Waals surface area contributed by atoms with Crippen LogP contribution in [-0.4, -0.2) is 29.2 Å². The lowest BCUT2D eigenvalue weighted by atomic mass is 9.77. The molecule has 11 heavy (non-hydrogen) atoms. The van der Waals surface area contributed by atoms with Crippen LogP contribution in [0, 0.1) is 5.41 Å². The van der Waals surface area contributed by atoms with E-state index in [0.717, 1.165) is 6.42 Å². The van der Waals surface area contributed by atoms with Gasteiger partial charge in [-0.25, -0.2) is 0 Å². The molecule has 3 atom stereocenters. The average Bonchev–Trinajstić information content (AvgIpc) is 1.98. The molecule has 1 aliphatic rings. The molecule has 0 aromatic rings. The monoisotopic (exact) mass is 160 g/mol. The van der Waals surface area contributed by atoms with E-state index in [4.69, 9.17) is 9.84 Å². The van der Waals surface area contributed by atoms with Crippen molar-refractivity contribution in [3.63, 3.8) is 0 Å².